The molecule has 2 aromatic carbocycles. The van der Waals surface area contributed by atoms with Crippen LogP contribution in [0.3, 0.4) is 0 Å². The molecule has 26 heavy (non-hydrogen) atoms. The Kier molecular flexibility index (Phi) is 5.57. The summed E-state index contributed by atoms with van der Waals surface area (Å²) in [6.07, 6.45) is 0. The van der Waals surface area contributed by atoms with Gasteiger partial charge < -0.3 is 9.84 Å². The predicted molar refractivity (Wildman–Crippen MR) is 86.3 cm³/mol. The summed E-state index contributed by atoms with van der Waals surface area (Å²) in [6.45, 7) is -0.787. The van der Waals surface area contributed by atoms with Gasteiger partial charge in [0.1, 0.15) is 11.5 Å². The van der Waals surface area contributed by atoms with Crippen LogP contribution in [0.2, 0.25) is 0 Å². The van der Waals surface area contributed by atoms with E-state index in [1.807, 2.05) is 0 Å². The molecule has 140 valence electrons. The summed E-state index contributed by atoms with van der Waals surface area (Å²) >= 11 is 0. The van der Waals surface area contributed by atoms with Gasteiger partial charge in [0.25, 0.3) is 0 Å². The van der Waals surface area contributed by atoms with Gasteiger partial charge in [0.05, 0.1) is 7.11 Å². The Bertz CT molecular complexity index is 908. The van der Waals surface area contributed by atoms with Crippen molar-refractivity contribution in [2.24, 2.45) is 0 Å². The van der Waals surface area contributed by atoms with Crippen molar-refractivity contribution in [3.8, 4) is 11.5 Å². The number of benzene rings is 2. The molecule has 0 saturated heterocycles. The van der Waals surface area contributed by atoms with Gasteiger partial charge in [-0.2, -0.15) is 13.2 Å². The lowest BCUT2D eigenvalue weighted by atomic mass is 9.97. The number of ether oxygens (including phenoxy) is 1. The fourth-order valence-corrected chi connectivity index (χ4v) is 2.67. The Morgan fingerprint density at radius 2 is 1.77 bits per heavy atom. The Labute approximate surface area is 147 Å². The van der Waals surface area contributed by atoms with Gasteiger partial charge in [0, 0.05) is 23.2 Å². The molecule has 0 aliphatic carbocycles. The molecule has 0 spiro atoms. The zero-order valence-electron chi connectivity index (χ0n) is 13.4. The minimum atomic E-state index is -5.58. The van der Waals surface area contributed by atoms with Gasteiger partial charge in [-0.25, -0.2) is 13.1 Å². The standard InChI is InChI=1S/C16H14F3NO5S/c1-25-14-4-2-3-12(15(22)10-5-7-11(21)8-6-10)13(14)9-20-26(23,24)16(17,18)19/h2-8,20-21H,9H2,1H3. The molecule has 0 aliphatic heterocycles. The van der Waals surface area contributed by atoms with Crippen LogP contribution >= 0.6 is 0 Å². The second-order valence-electron chi connectivity index (χ2n) is 5.13. The van der Waals surface area contributed by atoms with E-state index in [-0.39, 0.29) is 28.2 Å². The van der Waals surface area contributed by atoms with E-state index in [9.17, 15) is 31.5 Å². The molecule has 0 aromatic heterocycles. The highest BCUT2D eigenvalue weighted by atomic mass is 32.2. The first-order valence-corrected chi connectivity index (χ1v) is 8.60. The second kappa shape index (κ2) is 7.34. The van der Waals surface area contributed by atoms with Crippen molar-refractivity contribution in [2.75, 3.05) is 7.11 Å². The van der Waals surface area contributed by atoms with Crippen molar-refractivity contribution in [1.82, 2.24) is 4.72 Å². The predicted octanol–water partition coefficient (Wildman–Crippen LogP) is 2.57. The molecule has 0 atom stereocenters. The molecule has 0 bridgehead atoms. The van der Waals surface area contributed by atoms with E-state index < -0.39 is 27.9 Å². The summed E-state index contributed by atoms with van der Waals surface area (Å²) in [5.74, 6) is -0.574. The summed E-state index contributed by atoms with van der Waals surface area (Å²) in [4.78, 5) is 12.6. The Morgan fingerprint density at radius 3 is 2.31 bits per heavy atom. The van der Waals surface area contributed by atoms with Crippen LogP contribution in [0.25, 0.3) is 0 Å². The van der Waals surface area contributed by atoms with E-state index in [2.05, 4.69) is 0 Å². The first-order valence-electron chi connectivity index (χ1n) is 7.12. The number of alkyl halides is 3. The van der Waals surface area contributed by atoms with Gasteiger partial charge >= 0.3 is 15.5 Å². The SMILES string of the molecule is COc1cccc(C(=O)c2ccc(O)cc2)c1CNS(=O)(=O)C(F)(F)F. The van der Waals surface area contributed by atoms with E-state index in [1.165, 1.54) is 54.3 Å². The number of phenolic OH excluding ortho intramolecular Hbond substituents is 1. The largest absolute Gasteiger partial charge is 0.511 e. The number of carbonyl (C=O) groups is 1. The minimum absolute atomic E-state index is 0.0279. The van der Waals surface area contributed by atoms with Crippen molar-refractivity contribution in [1.29, 1.82) is 0 Å². The molecule has 0 radical (unpaired) electrons. The Balaban J connectivity index is 2.42. The van der Waals surface area contributed by atoms with Crippen molar-refractivity contribution in [2.45, 2.75) is 12.1 Å². The van der Waals surface area contributed by atoms with E-state index in [1.54, 1.807) is 0 Å². The lowest BCUT2D eigenvalue weighted by Gasteiger charge is -2.15. The Hall–Kier alpha value is -2.59. The van der Waals surface area contributed by atoms with Crippen molar-refractivity contribution in [3.05, 3.63) is 59.2 Å². The van der Waals surface area contributed by atoms with Gasteiger partial charge in [-0.15, -0.1) is 0 Å². The molecular weight excluding hydrogens is 375 g/mol. The number of halogens is 3. The zero-order chi connectivity index (χ0) is 19.5. The number of sulfonamides is 1. The number of hydrogen-bond acceptors (Lipinski definition) is 5. The van der Waals surface area contributed by atoms with Crippen LogP contribution in [0, 0.1) is 0 Å². The van der Waals surface area contributed by atoms with Crippen molar-refractivity contribution in [3.63, 3.8) is 0 Å². The third-order valence-electron chi connectivity index (χ3n) is 3.47. The van der Waals surface area contributed by atoms with Gasteiger partial charge in [0.15, 0.2) is 5.78 Å². The number of carbonyl (C=O) groups excluding carboxylic acids is 1. The number of rotatable bonds is 6. The number of hydrogen-bond donors (Lipinski definition) is 2. The molecule has 10 heteroatoms. The van der Waals surface area contributed by atoms with Crippen LogP contribution in [-0.2, 0) is 16.6 Å². The normalized spacial score (nSPS) is 12.0. The number of phenols is 1. The van der Waals surface area contributed by atoms with Crippen molar-refractivity contribution < 1.29 is 36.2 Å². The number of aromatic hydroxyl groups is 1. The summed E-state index contributed by atoms with van der Waals surface area (Å²) < 4.78 is 66.4. The van der Waals surface area contributed by atoms with E-state index in [4.69, 9.17) is 4.74 Å². The molecule has 0 amide bonds. The van der Waals surface area contributed by atoms with E-state index in [0.29, 0.717) is 0 Å². The molecule has 0 heterocycles. The third kappa shape index (κ3) is 4.14. The highest BCUT2D eigenvalue weighted by Crippen LogP contribution is 2.27. The fraction of sp³-hybridized carbons (Fsp3) is 0.188. The first-order chi connectivity index (χ1) is 12.1. The molecule has 2 N–H and O–H groups in total. The van der Waals surface area contributed by atoms with E-state index >= 15 is 0 Å². The second-order valence-corrected chi connectivity index (χ2v) is 6.89. The molecule has 0 fully saturated rings. The van der Waals surface area contributed by atoms with Gasteiger partial charge in [-0.05, 0) is 30.3 Å². The van der Waals surface area contributed by atoms with Crippen LogP contribution in [0.5, 0.6) is 11.5 Å². The molecule has 6 nitrogen and oxygen atoms in total. The molecule has 2 aromatic rings. The van der Waals surface area contributed by atoms with Crippen LogP contribution in [0.1, 0.15) is 21.5 Å². The molecule has 0 aliphatic rings. The highest BCUT2D eigenvalue weighted by molar-refractivity contribution is 7.90. The fourth-order valence-electron chi connectivity index (χ4n) is 2.17. The topological polar surface area (TPSA) is 92.7 Å². The number of nitrogens with one attached hydrogen (secondary N) is 1. The maximum atomic E-state index is 12.6. The van der Waals surface area contributed by atoms with Gasteiger partial charge in [-0.3, -0.25) is 4.79 Å². The molecule has 2 rings (SSSR count). The quantitative estimate of drug-likeness (QED) is 0.741. The molecule has 0 saturated carbocycles. The van der Waals surface area contributed by atoms with Crippen LogP contribution in [0.4, 0.5) is 13.2 Å². The van der Waals surface area contributed by atoms with Crippen LogP contribution in [-0.4, -0.2) is 31.9 Å². The average Bonchev–Trinajstić information content (AvgIpc) is 2.58. The highest BCUT2D eigenvalue weighted by Gasteiger charge is 2.45. The van der Waals surface area contributed by atoms with E-state index in [0.717, 1.165) is 0 Å². The van der Waals surface area contributed by atoms with Gasteiger partial charge in [-0.1, -0.05) is 12.1 Å². The summed E-state index contributed by atoms with van der Waals surface area (Å²) in [5.41, 5.74) is -5.38. The maximum absolute atomic E-state index is 12.6. The smallest absolute Gasteiger partial charge is 0.508 e. The lowest BCUT2D eigenvalue weighted by molar-refractivity contribution is -0.0448. The first kappa shape index (κ1) is 19.7. The summed E-state index contributed by atoms with van der Waals surface area (Å²) in [5, 5.41) is 9.28. The number of methoxy groups -OCH3 is 1. The van der Waals surface area contributed by atoms with Gasteiger partial charge in [0.2, 0.25) is 0 Å². The maximum Gasteiger partial charge on any atom is 0.511 e. The monoisotopic (exact) mass is 389 g/mol. The third-order valence-corrected chi connectivity index (χ3v) is 4.60. The van der Waals surface area contributed by atoms with Crippen molar-refractivity contribution >= 4 is 15.8 Å². The zero-order valence-corrected chi connectivity index (χ0v) is 14.2. The molecular formula is C16H14F3NO5S. The minimum Gasteiger partial charge on any atom is -0.508 e. The number of ketones is 1. The van der Waals surface area contributed by atoms with Crippen LogP contribution in [0.15, 0.2) is 42.5 Å². The average molecular weight is 389 g/mol. The Morgan fingerprint density at radius 1 is 1.15 bits per heavy atom. The lowest BCUT2D eigenvalue weighted by Crippen LogP contribution is -2.36. The summed E-state index contributed by atoms with van der Waals surface area (Å²) in [7, 11) is -4.34. The summed E-state index contributed by atoms with van der Waals surface area (Å²) in [6, 6.07) is 9.41. The molecule has 0 unspecified atom stereocenters. The van der Waals surface area contributed by atoms with Crippen LogP contribution < -0.4 is 9.46 Å².